The van der Waals surface area contributed by atoms with Gasteiger partial charge in [-0.05, 0) is 72.8 Å². The molecule has 34 heavy (non-hydrogen) atoms. The van der Waals surface area contributed by atoms with Crippen molar-refractivity contribution in [2.75, 3.05) is 9.80 Å². The summed E-state index contributed by atoms with van der Waals surface area (Å²) in [6, 6.07) is 19.9. The maximum atomic E-state index is 13.4. The van der Waals surface area contributed by atoms with E-state index < -0.39 is 23.6 Å². The molecule has 2 aliphatic rings. The van der Waals surface area contributed by atoms with Gasteiger partial charge in [0.25, 0.3) is 23.6 Å². The maximum Gasteiger partial charge on any atom is 0.265 e. The number of rotatable bonds is 2. The Balaban J connectivity index is 1.55. The highest BCUT2D eigenvalue weighted by Crippen LogP contribution is 2.40. The molecule has 6 nitrogen and oxygen atoms in total. The van der Waals surface area contributed by atoms with Crippen LogP contribution in [0.25, 0.3) is 10.8 Å². The van der Waals surface area contributed by atoms with Crippen molar-refractivity contribution in [3.63, 3.8) is 0 Å². The number of carbonyl (C=O) groups excluding carboxylic acids is 4. The number of benzene rings is 4. The summed E-state index contributed by atoms with van der Waals surface area (Å²) < 4.78 is 1.64. The Bertz CT molecular complexity index is 1400. The molecule has 0 N–H and O–H groups in total. The van der Waals surface area contributed by atoms with Crippen molar-refractivity contribution in [3.8, 4) is 0 Å². The molecule has 0 fully saturated rings. The second kappa shape index (κ2) is 7.44. The maximum absolute atomic E-state index is 13.4. The van der Waals surface area contributed by atoms with E-state index in [0.29, 0.717) is 22.1 Å². The molecule has 0 radical (unpaired) electrons. The second-order valence-electron chi connectivity index (χ2n) is 7.92. The van der Waals surface area contributed by atoms with Crippen molar-refractivity contribution >= 4 is 77.6 Å². The van der Waals surface area contributed by atoms with E-state index in [-0.39, 0.29) is 22.3 Å². The predicted molar refractivity (Wildman–Crippen MR) is 135 cm³/mol. The van der Waals surface area contributed by atoms with E-state index in [9.17, 15) is 19.2 Å². The third-order valence-corrected chi connectivity index (χ3v) is 7.12. The standard InChI is InChI=1S/C26H12Br2N2O4/c27-13-1-5-15(6-2-13)29-23(31)17-9-11-19-22-20(12-10-18(21(17)22)24(29)32)26(34)30(25(19)33)16-7-3-14(28)4-8-16/h1-12H. The molecule has 4 aromatic carbocycles. The normalized spacial score (nSPS) is 14.9. The van der Waals surface area contributed by atoms with Crippen molar-refractivity contribution in [2.45, 2.75) is 0 Å². The first-order valence-corrected chi connectivity index (χ1v) is 11.8. The van der Waals surface area contributed by atoms with Gasteiger partial charge in [-0.25, -0.2) is 9.80 Å². The van der Waals surface area contributed by atoms with E-state index in [2.05, 4.69) is 31.9 Å². The van der Waals surface area contributed by atoms with Crippen molar-refractivity contribution in [3.05, 3.63) is 104 Å². The van der Waals surface area contributed by atoms with Gasteiger partial charge in [-0.2, -0.15) is 0 Å². The van der Waals surface area contributed by atoms with Gasteiger partial charge in [-0.1, -0.05) is 31.9 Å². The number of anilines is 2. The SMILES string of the molecule is O=C1c2ccc3c4c(ccc(c24)C(=O)N1c1ccc(Br)cc1)C(=O)N(c1ccc(Br)cc1)C3=O. The Morgan fingerprint density at radius 1 is 0.412 bits per heavy atom. The van der Waals surface area contributed by atoms with Gasteiger partial charge < -0.3 is 0 Å². The number of nitrogens with zero attached hydrogens (tertiary/aromatic N) is 2. The van der Waals surface area contributed by atoms with Crippen LogP contribution in [0.4, 0.5) is 11.4 Å². The number of halogens is 2. The first-order valence-electron chi connectivity index (χ1n) is 10.3. The summed E-state index contributed by atoms with van der Waals surface area (Å²) in [4.78, 5) is 55.9. The lowest BCUT2D eigenvalue weighted by Gasteiger charge is -2.32. The molecule has 0 aromatic heterocycles. The Morgan fingerprint density at radius 3 is 0.941 bits per heavy atom. The van der Waals surface area contributed by atoms with Gasteiger partial charge in [-0.3, -0.25) is 19.2 Å². The molecule has 0 saturated heterocycles. The van der Waals surface area contributed by atoms with Gasteiger partial charge >= 0.3 is 0 Å². The van der Waals surface area contributed by atoms with E-state index in [0.717, 1.165) is 18.7 Å². The van der Waals surface area contributed by atoms with Crippen molar-refractivity contribution in [1.82, 2.24) is 0 Å². The van der Waals surface area contributed by atoms with E-state index in [1.807, 2.05) is 0 Å². The topological polar surface area (TPSA) is 74.8 Å². The molecule has 0 aliphatic carbocycles. The molecule has 0 unspecified atom stereocenters. The predicted octanol–water partition coefficient (Wildman–Crippen LogP) is 5.97. The molecule has 4 aromatic rings. The molecule has 8 heteroatoms. The van der Waals surface area contributed by atoms with Crippen LogP contribution in [-0.2, 0) is 0 Å². The van der Waals surface area contributed by atoms with E-state index >= 15 is 0 Å². The molecule has 0 spiro atoms. The summed E-state index contributed by atoms with van der Waals surface area (Å²) in [6.45, 7) is 0. The quantitative estimate of drug-likeness (QED) is 0.276. The Hall–Kier alpha value is -3.62. The summed E-state index contributed by atoms with van der Waals surface area (Å²) in [5.74, 6) is -2.00. The molecule has 164 valence electrons. The number of carbonyl (C=O) groups is 4. The zero-order valence-corrected chi connectivity index (χ0v) is 20.4. The first-order chi connectivity index (χ1) is 16.4. The minimum absolute atomic E-state index is 0.274. The van der Waals surface area contributed by atoms with Crippen LogP contribution in [0.1, 0.15) is 41.4 Å². The third kappa shape index (κ3) is 2.85. The molecule has 4 amide bonds. The lowest BCUT2D eigenvalue weighted by Crippen LogP contribution is -2.43. The highest BCUT2D eigenvalue weighted by atomic mass is 79.9. The Morgan fingerprint density at radius 2 is 0.676 bits per heavy atom. The Kier molecular flexibility index (Phi) is 4.59. The fraction of sp³-hybridized carbons (Fsp3) is 0. The number of amides is 4. The average molecular weight is 576 g/mol. The van der Waals surface area contributed by atoms with Crippen molar-refractivity contribution in [2.24, 2.45) is 0 Å². The van der Waals surface area contributed by atoms with Crippen LogP contribution in [0.15, 0.2) is 81.7 Å². The smallest absolute Gasteiger partial charge is 0.265 e. The minimum Gasteiger partial charge on any atom is -0.268 e. The van der Waals surface area contributed by atoms with E-state index in [1.54, 1.807) is 72.8 Å². The van der Waals surface area contributed by atoms with E-state index in [1.165, 1.54) is 0 Å². The highest BCUT2D eigenvalue weighted by molar-refractivity contribution is 9.10. The van der Waals surface area contributed by atoms with Crippen LogP contribution in [-0.4, -0.2) is 23.6 Å². The van der Waals surface area contributed by atoms with Gasteiger partial charge in [0.05, 0.1) is 11.4 Å². The molecule has 2 aliphatic heterocycles. The van der Waals surface area contributed by atoms with Crippen LogP contribution in [0.3, 0.4) is 0 Å². The summed E-state index contributed by atoms with van der Waals surface area (Å²) in [6.07, 6.45) is 0. The van der Waals surface area contributed by atoms with Crippen LogP contribution < -0.4 is 9.80 Å². The Labute approximate surface area is 210 Å². The number of hydrogen-bond acceptors (Lipinski definition) is 4. The largest absolute Gasteiger partial charge is 0.268 e. The number of imide groups is 2. The van der Waals surface area contributed by atoms with Gasteiger partial charge in [0.1, 0.15) is 0 Å². The molecule has 0 atom stereocenters. The van der Waals surface area contributed by atoms with Crippen LogP contribution >= 0.6 is 31.9 Å². The fourth-order valence-electron chi connectivity index (χ4n) is 4.52. The van der Waals surface area contributed by atoms with Gasteiger partial charge in [-0.15, -0.1) is 0 Å². The third-order valence-electron chi connectivity index (χ3n) is 6.06. The summed E-state index contributed by atoms with van der Waals surface area (Å²) >= 11 is 6.71. The van der Waals surface area contributed by atoms with Crippen LogP contribution in [0, 0.1) is 0 Å². The monoisotopic (exact) mass is 574 g/mol. The van der Waals surface area contributed by atoms with E-state index in [4.69, 9.17) is 0 Å². The molecule has 6 rings (SSSR count). The van der Waals surface area contributed by atoms with Crippen molar-refractivity contribution in [1.29, 1.82) is 0 Å². The van der Waals surface area contributed by atoms with Crippen molar-refractivity contribution < 1.29 is 19.2 Å². The highest BCUT2D eigenvalue weighted by Gasteiger charge is 2.40. The first kappa shape index (κ1) is 20.9. The zero-order chi connectivity index (χ0) is 23.7. The summed E-state index contributed by atoms with van der Waals surface area (Å²) in [5.41, 5.74) is 1.97. The lowest BCUT2D eigenvalue weighted by atomic mass is 9.85. The minimum atomic E-state index is -0.501. The van der Waals surface area contributed by atoms with Crippen LogP contribution in [0.5, 0.6) is 0 Å². The zero-order valence-electron chi connectivity index (χ0n) is 17.2. The van der Waals surface area contributed by atoms with Crippen LogP contribution in [0.2, 0.25) is 0 Å². The van der Waals surface area contributed by atoms with Gasteiger partial charge in [0.2, 0.25) is 0 Å². The number of hydrogen-bond donors (Lipinski definition) is 0. The average Bonchev–Trinajstić information content (AvgIpc) is 2.83. The molecule has 2 heterocycles. The molecular weight excluding hydrogens is 564 g/mol. The molecule has 0 saturated carbocycles. The molecular formula is C26H12Br2N2O4. The fourth-order valence-corrected chi connectivity index (χ4v) is 5.05. The lowest BCUT2D eigenvalue weighted by molar-refractivity contribution is 0.0873. The summed E-state index contributed by atoms with van der Waals surface area (Å²) in [5, 5.41) is 0.686. The van der Waals surface area contributed by atoms with Gasteiger partial charge in [0, 0.05) is 42.0 Å². The summed E-state index contributed by atoms with van der Waals surface area (Å²) in [7, 11) is 0. The van der Waals surface area contributed by atoms with Gasteiger partial charge in [0.15, 0.2) is 0 Å². The second-order valence-corrected chi connectivity index (χ2v) is 9.75. The molecule has 0 bridgehead atoms.